The summed E-state index contributed by atoms with van der Waals surface area (Å²) in [5.74, 6) is -4.91. The van der Waals surface area contributed by atoms with Gasteiger partial charge in [0.25, 0.3) is 0 Å². The fourth-order valence-corrected chi connectivity index (χ4v) is 1.11. The maximum absolute atomic E-state index is 11.4. The van der Waals surface area contributed by atoms with Gasteiger partial charge in [0.15, 0.2) is 11.8 Å². The van der Waals surface area contributed by atoms with Crippen molar-refractivity contribution >= 4 is 12.1 Å². The molecule has 0 radical (unpaired) electrons. The lowest BCUT2D eigenvalue weighted by atomic mass is 9.95. The monoisotopic (exact) mass is 263 g/mol. The molecule has 0 aliphatic heterocycles. The molecule has 7 nitrogen and oxygen atoms in total. The second kappa shape index (κ2) is 5.53. The van der Waals surface area contributed by atoms with Crippen LogP contribution in [-0.4, -0.2) is 44.8 Å². The molecule has 0 aliphatic carbocycles. The van der Waals surface area contributed by atoms with Gasteiger partial charge in [-0.25, -0.2) is 9.59 Å². The maximum atomic E-state index is 11.4. The summed E-state index contributed by atoms with van der Waals surface area (Å²) in [6.45, 7) is 7.67. The van der Waals surface area contributed by atoms with Crippen LogP contribution in [0, 0.1) is 5.92 Å². The summed E-state index contributed by atoms with van der Waals surface area (Å²) in [6.07, 6.45) is -1.02. The van der Waals surface area contributed by atoms with Crippen LogP contribution in [-0.2, 0) is 9.53 Å². The smallest absolute Gasteiger partial charge is 0.408 e. The van der Waals surface area contributed by atoms with E-state index in [1.54, 1.807) is 20.8 Å². The first-order valence-electron chi connectivity index (χ1n) is 5.55. The van der Waals surface area contributed by atoms with E-state index in [9.17, 15) is 19.8 Å². The highest BCUT2D eigenvalue weighted by Crippen LogP contribution is 2.19. The summed E-state index contributed by atoms with van der Waals surface area (Å²) in [6, 6.07) is -1.87. The normalized spacial score (nSPS) is 14.2. The first-order valence-corrected chi connectivity index (χ1v) is 5.55. The van der Waals surface area contributed by atoms with Gasteiger partial charge in [-0.1, -0.05) is 13.8 Å². The number of aliphatic carboxylic acids is 1. The number of aliphatic hydroxyl groups is 2. The zero-order valence-electron chi connectivity index (χ0n) is 11.2. The first kappa shape index (κ1) is 16.7. The second-order valence-corrected chi connectivity index (χ2v) is 5.36. The highest BCUT2D eigenvalue weighted by Gasteiger charge is 2.44. The highest BCUT2D eigenvalue weighted by atomic mass is 16.6. The molecule has 0 spiro atoms. The minimum atomic E-state index is -2.57. The summed E-state index contributed by atoms with van der Waals surface area (Å²) in [4.78, 5) is 22.4. The van der Waals surface area contributed by atoms with Crippen molar-refractivity contribution in [2.45, 2.75) is 52.0 Å². The van der Waals surface area contributed by atoms with Gasteiger partial charge in [0, 0.05) is 5.92 Å². The molecule has 0 rings (SSSR count). The van der Waals surface area contributed by atoms with E-state index in [1.165, 1.54) is 13.8 Å². The number of amides is 1. The van der Waals surface area contributed by atoms with Crippen LogP contribution in [0.2, 0.25) is 0 Å². The molecule has 1 unspecified atom stereocenters. The molecule has 1 amide bonds. The minimum absolute atomic E-state index is 0.784. The number of carboxylic acids is 1. The van der Waals surface area contributed by atoms with Crippen LogP contribution in [0.25, 0.3) is 0 Å². The van der Waals surface area contributed by atoms with Crippen LogP contribution in [0.15, 0.2) is 0 Å². The van der Waals surface area contributed by atoms with Gasteiger partial charge >= 0.3 is 12.1 Å². The third-order valence-corrected chi connectivity index (χ3v) is 2.18. The van der Waals surface area contributed by atoms with Crippen molar-refractivity contribution in [1.29, 1.82) is 0 Å². The Morgan fingerprint density at radius 1 is 1.17 bits per heavy atom. The lowest BCUT2D eigenvalue weighted by molar-refractivity contribution is -0.217. The topological polar surface area (TPSA) is 116 Å². The van der Waals surface area contributed by atoms with E-state index in [0.29, 0.717) is 0 Å². The Bertz CT molecular complexity index is 318. The zero-order chi connectivity index (χ0) is 14.7. The van der Waals surface area contributed by atoms with Gasteiger partial charge in [-0.3, -0.25) is 0 Å². The SMILES string of the molecule is CC(C)C(O)(O)C(NC(=O)OC(C)(C)C)C(=O)O. The van der Waals surface area contributed by atoms with E-state index in [0.717, 1.165) is 0 Å². The van der Waals surface area contributed by atoms with Crippen molar-refractivity contribution in [1.82, 2.24) is 5.32 Å². The molecule has 0 aromatic heterocycles. The number of ether oxygens (including phenoxy) is 1. The van der Waals surface area contributed by atoms with Gasteiger partial charge in [0.1, 0.15) is 5.60 Å². The first-order chi connectivity index (χ1) is 7.88. The molecular weight excluding hydrogens is 242 g/mol. The quantitative estimate of drug-likeness (QED) is 0.542. The minimum Gasteiger partial charge on any atom is -0.480 e. The number of carbonyl (C=O) groups is 2. The van der Waals surface area contributed by atoms with Crippen LogP contribution in [0.3, 0.4) is 0 Å². The number of rotatable bonds is 4. The third-order valence-electron chi connectivity index (χ3n) is 2.18. The largest absolute Gasteiger partial charge is 0.480 e. The highest BCUT2D eigenvalue weighted by molar-refractivity contribution is 5.81. The lowest BCUT2D eigenvalue weighted by Crippen LogP contribution is -2.60. The van der Waals surface area contributed by atoms with Gasteiger partial charge in [-0.15, -0.1) is 0 Å². The fraction of sp³-hybridized carbons (Fsp3) is 0.818. The third kappa shape index (κ3) is 4.89. The lowest BCUT2D eigenvalue weighted by Gasteiger charge is -2.32. The van der Waals surface area contributed by atoms with Crippen molar-refractivity contribution < 1.29 is 29.6 Å². The number of nitrogens with one attached hydrogen (secondary N) is 1. The Morgan fingerprint density at radius 3 is 1.89 bits per heavy atom. The van der Waals surface area contributed by atoms with E-state index in [2.05, 4.69) is 0 Å². The average molecular weight is 263 g/mol. The Labute approximate surface area is 106 Å². The van der Waals surface area contributed by atoms with Crippen molar-refractivity contribution in [2.24, 2.45) is 5.92 Å². The van der Waals surface area contributed by atoms with Crippen molar-refractivity contribution in [2.75, 3.05) is 0 Å². The van der Waals surface area contributed by atoms with Crippen molar-refractivity contribution in [3.63, 3.8) is 0 Å². The van der Waals surface area contributed by atoms with Crippen LogP contribution in [0.5, 0.6) is 0 Å². The van der Waals surface area contributed by atoms with Crippen molar-refractivity contribution in [3.05, 3.63) is 0 Å². The average Bonchev–Trinajstić information content (AvgIpc) is 2.10. The van der Waals surface area contributed by atoms with Gasteiger partial charge < -0.3 is 25.4 Å². The predicted octanol–water partition coefficient (Wildman–Crippen LogP) is 0.301. The second-order valence-electron chi connectivity index (χ2n) is 5.36. The van der Waals surface area contributed by atoms with E-state index in [4.69, 9.17) is 9.84 Å². The summed E-state index contributed by atoms with van der Waals surface area (Å²) in [5, 5.41) is 30.2. The van der Waals surface area contributed by atoms with E-state index < -0.39 is 35.4 Å². The molecule has 1 atom stereocenters. The molecule has 106 valence electrons. The molecule has 4 N–H and O–H groups in total. The molecule has 0 saturated heterocycles. The summed E-state index contributed by atoms with van der Waals surface area (Å²) >= 11 is 0. The Morgan fingerprint density at radius 2 is 1.61 bits per heavy atom. The number of alkyl carbamates (subject to hydrolysis) is 1. The number of hydrogen-bond acceptors (Lipinski definition) is 5. The predicted molar refractivity (Wildman–Crippen MR) is 62.8 cm³/mol. The van der Waals surface area contributed by atoms with Crippen LogP contribution >= 0.6 is 0 Å². The number of hydrogen-bond donors (Lipinski definition) is 4. The van der Waals surface area contributed by atoms with Crippen LogP contribution < -0.4 is 5.32 Å². The molecule has 0 bridgehead atoms. The molecule has 0 aromatic carbocycles. The molecule has 0 aliphatic rings. The standard InChI is InChI=1S/C11H21NO6/c1-6(2)11(16,17)7(8(13)14)12-9(15)18-10(3,4)5/h6-7,16-17H,1-5H3,(H,12,15)(H,13,14). The fourth-order valence-electron chi connectivity index (χ4n) is 1.11. The Kier molecular flexibility index (Phi) is 5.12. The molecule has 0 fully saturated rings. The van der Waals surface area contributed by atoms with Gasteiger partial charge in [0.2, 0.25) is 0 Å². The molecule has 7 heteroatoms. The summed E-state index contributed by atoms with van der Waals surface area (Å²) in [5.41, 5.74) is -0.807. The molecule has 0 heterocycles. The van der Waals surface area contributed by atoms with E-state index in [1.807, 2.05) is 5.32 Å². The Hall–Kier alpha value is -1.34. The number of carboxylic acid groups (broad SMARTS) is 1. The number of carbonyl (C=O) groups excluding carboxylic acids is 1. The van der Waals surface area contributed by atoms with E-state index in [-0.39, 0.29) is 0 Å². The molecule has 18 heavy (non-hydrogen) atoms. The van der Waals surface area contributed by atoms with Crippen LogP contribution in [0.4, 0.5) is 4.79 Å². The maximum Gasteiger partial charge on any atom is 0.408 e. The van der Waals surface area contributed by atoms with Gasteiger partial charge in [-0.2, -0.15) is 0 Å². The van der Waals surface area contributed by atoms with Gasteiger partial charge in [0.05, 0.1) is 0 Å². The van der Waals surface area contributed by atoms with E-state index >= 15 is 0 Å². The molecular formula is C11H21NO6. The molecule has 0 saturated carbocycles. The molecule has 0 aromatic rings. The zero-order valence-corrected chi connectivity index (χ0v) is 11.2. The summed E-state index contributed by atoms with van der Waals surface area (Å²) < 4.78 is 4.86. The van der Waals surface area contributed by atoms with Crippen LogP contribution in [0.1, 0.15) is 34.6 Å². The Balaban J connectivity index is 4.87. The van der Waals surface area contributed by atoms with Gasteiger partial charge in [-0.05, 0) is 20.8 Å². The van der Waals surface area contributed by atoms with Crippen molar-refractivity contribution in [3.8, 4) is 0 Å². The summed E-state index contributed by atoms with van der Waals surface area (Å²) in [7, 11) is 0.